The van der Waals surface area contributed by atoms with Gasteiger partial charge in [0.1, 0.15) is 0 Å². The van der Waals surface area contributed by atoms with Crippen LogP contribution in [0.3, 0.4) is 0 Å². The molecule has 14 heavy (non-hydrogen) atoms. The highest BCUT2D eigenvalue weighted by molar-refractivity contribution is 9.10. The zero-order valence-electron chi connectivity index (χ0n) is 7.57. The summed E-state index contributed by atoms with van der Waals surface area (Å²) in [7, 11) is 0. The highest BCUT2D eigenvalue weighted by Crippen LogP contribution is 2.18. The molecule has 0 spiro atoms. The van der Waals surface area contributed by atoms with Crippen molar-refractivity contribution in [3.8, 4) is 0 Å². The Balaban J connectivity index is 2.16. The lowest BCUT2D eigenvalue weighted by atomic mass is 10.3. The van der Waals surface area contributed by atoms with Gasteiger partial charge in [-0.2, -0.15) is 0 Å². The molecule has 2 rings (SSSR count). The zero-order valence-corrected chi connectivity index (χ0v) is 9.16. The number of anilines is 2. The minimum Gasteiger partial charge on any atom is -0.356 e. The van der Waals surface area contributed by atoms with Crippen LogP contribution < -0.4 is 5.32 Å². The van der Waals surface area contributed by atoms with Crippen molar-refractivity contribution in [2.24, 2.45) is 0 Å². The lowest BCUT2D eigenvalue weighted by Crippen LogP contribution is -1.88. The Bertz CT molecular complexity index is 394. The number of hydrogen-bond donors (Lipinski definition) is 1. The molecule has 2 heteroatoms. The molecule has 0 aliphatic heterocycles. The zero-order chi connectivity index (χ0) is 9.80. The second-order valence-corrected chi connectivity index (χ2v) is 3.91. The highest BCUT2D eigenvalue weighted by atomic mass is 79.9. The summed E-state index contributed by atoms with van der Waals surface area (Å²) in [6.07, 6.45) is 0. The fourth-order valence-corrected chi connectivity index (χ4v) is 1.49. The molecule has 70 valence electrons. The Labute approximate surface area is 91.9 Å². The maximum atomic E-state index is 3.40. The fourth-order valence-electron chi connectivity index (χ4n) is 1.22. The monoisotopic (exact) mass is 247 g/mol. The molecule has 0 bridgehead atoms. The van der Waals surface area contributed by atoms with Crippen LogP contribution in [-0.2, 0) is 0 Å². The molecule has 0 saturated heterocycles. The van der Waals surface area contributed by atoms with Gasteiger partial charge in [0.2, 0.25) is 0 Å². The third-order valence-electron chi connectivity index (χ3n) is 1.91. The van der Waals surface area contributed by atoms with E-state index in [2.05, 4.69) is 21.2 Å². The molecule has 0 aliphatic rings. The van der Waals surface area contributed by atoms with E-state index < -0.39 is 0 Å². The average Bonchev–Trinajstić information content (AvgIpc) is 2.23. The molecule has 1 N–H and O–H groups in total. The molecular formula is C12H10BrN. The van der Waals surface area contributed by atoms with Gasteiger partial charge in [-0.15, -0.1) is 0 Å². The van der Waals surface area contributed by atoms with Crippen LogP contribution in [0.4, 0.5) is 11.4 Å². The highest BCUT2D eigenvalue weighted by Gasteiger charge is 1.92. The van der Waals surface area contributed by atoms with Crippen LogP contribution in [0.5, 0.6) is 0 Å². The number of nitrogens with one attached hydrogen (secondary N) is 1. The first-order chi connectivity index (χ1) is 6.84. The Morgan fingerprint density at radius 1 is 0.714 bits per heavy atom. The van der Waals surface area contributed by atoms with E-state index in [1.54, 1.807) is 0 Å². The van der Waals surface area contributed by atoms with E-state index in [0.29, 0.717) is 0 Å². The van der Waals surface area contributed by atoms with Crippen LogP contribution in [0.15, 0.2) is 59.1 Å². The fraction of sp³-hybridized carbons (Fsp3) is 0. The molecular weight excluding hydrogens is 238 g/mol. The SMILES string of the molecule is Brc1ccc(Nc2ccccc2)cc1. The van der Waals surface area contributed by atoms with E-state index in [1.165, 1.54) is 0 Å². The summed E-state index contributed by atoms with van der Waals surface area (Å²) < 4.78 is 1.09. The van der Waals surface area contributed by atoms with Crippen molar-refractivity contribution in [1.82, 2.24) is 0 Å². The number of rotatable bonds is 2. The molecule has 2 aromatic carbocycles. The van der Waals surface area contributed by atoms with Crippen LogP contribution >= 0.6 is 15.9 Å². The van der Waals surface area contributed by atoms with Crippen molar-refractivity contribution in [3.63, 3.8) is 0 Å². The van der Waals surface area contributed by atoms with Crippen LogP contribution in [-0.4, -0.2) is 0 Å². The average molecular weight is 248 g/mol. The predicted octanol–water partition coefficient (Wildman–Crippen LogP) is 4.19. The van der Waals surface area contributed by atoms with Gasteiger partial charge in [-0.05, 0) is 36.4 Å². The molecule has 0 radical (unpaired) electrons. The van der Waals surface area contributed by atoms with Gasteiger partial charge in [-0.1, -0.05) is 34.1 Å². The van der Waals surface area contributed by atoms with E-state index in [9.17, 15) is 0 Å². The minimum atomic E-state index is 1.09. The van der Waals surface area contributed by atoms with Crippen LogP contribution in [0.1, 0.15) is 0 Å². The Hall–Kier alpha value is -1.28. The molecule has 0 amide bonds. The molecule has 2 aromatic rings. The number of benzene rings is 2. The Morgan fingerprint density at radius 2 is 1.29 bits per heavy atom. The van der Waals surface area contributed by atoms with Crippen molar-refractivity contribution in [1.29, 1.82) is 0 Å². The maximum absolute atomic E-state index is 3.40. The molecule has 0 aromatic heterocycles. The number of hydrogen-bond acceptors (Lipinski definition) is 1. The largest absolute Gasteiger partial charge is 0.356 e. The summed E-state index contributed by atoms with van der Waals surface area (Å²) in [4.78, 5) is 0. The third-order valence-corrected chi connectivity index (χ3v) is 2.44. The molecule has 1 nitrogen and oxygen atoms in total. The quantitative estimate of drug-likeness (QED) is 0.840. The summed E-state index contributed by atoms with van der Waals surface area (Å²) in [6, 6.07) is 18.2. The van der Waals surface area contributed by atoms with E-state index in [-0.39, 0.29) is 0 Å². The molecule has 0 saturated carbocycles. The first-order valence-electron chi connectivity index (χ1n) is 4.42. The van der Waals surface area contributed by atoms with Gasteiger partial charge in [0.15, 0.2) is 0 Å². The second-order valence-electron chi connectivity index (χ2n) is 3.00. The lowest BCUT2D eigenvalue weighted by molar-refractivity contribution is 1.54. The molecule has 0 aliphatic carbocycles. The minimum absolute atomic E-state index is 1.09. The first-order valence-corrected chi connectivity index (χ1v) is 5.21. The topological polar surface area (TPSA) is 12.0 Å². The summed E-state index contributed by atoms with van der Waals surface area (Å²) in [6.45, 7) is 0. The van der Waals surface area contributed by atoms with E-state index in [4.69, 9.17) is 0 Å². The molecule has 0 fully saturated rings. The second kappa shape index (κ2) is 4.29. The third kappa shape index (κ3) is 2.36. The first kappa shape index (κ1) is 9.28. The van der Waals surface area contributed by atoms with E-state index in [0.717, 1.165) is 15.8 Å². The number of para-hydroxylation sites is 1. The Kier molecular flexibility index (Phi) is 2.84. The maximum Gasteiger partial charge on any atom is 0.0384 e. The van der Waals surface area contributed by atoms with Crippen LogP contribution in [0.2, 0.25) is 0 Å². The summed E-state index contributed by atoms with van der Waals surface area (Å²) in [5.41, 5.74) is 2.20. The van der Waals surface area contributed by atoms with Gasteiger partial charge in [0.05, 0.1) is 0 Å². The van der Waals surface area contributed by atoms with E-state index >= 15 is 0 Å². The van der Waals surface area contributed by atoms with Crippen molar-refractivity contribution in [3.05, 3.63) is 59.1 Å². The van der Waals surface area contributed by atoms with Crippen molar-refractivity contribution < 1.29 is 0 Å². The van der Waals surface area contributed by atoms with Crippen molar-refractivity contribution in [2.45, 2.75) is 0 Å². The van der Waals surface area contributed by atoms with Gasteiger partial charge >= 0.3 is 0 Å². The van der Waals surface area contributed by atoms with Crippen LogP contribution in [0, 0.1) is 0 Å². The predicted molar refractivity (Wildman–Crippen MR) is 63.9 cm³/mol. The molecule has 0 unspecified atom stereocenters. The van der Waals surface area contributed by atoms with Crippen molar-refractivity contribution >= 4 is 27.3 Å². The van der Waals surface area contributed by atoms with Gasteiger partial charge in [0.25, 0.3) is 0 Å². The summed E-state index contributed by atoms with van der Waals surface area (Å²) in [5.74, 6) is 0. The van der Waals surface area contributed by atoms with Crippen molar-refractivity contribution in [2.75, 3.05) is 5.32 Å². The van der Waals surface area contributed by atoms with Gasteiger partial charge in [0, 0.05) is 15.8 Å². The van der Waals surface area contributed by atoms with Gasteiger partial charge < -0.3 is 5.32 Å². The van der Waals surface area contributed by atoms with Crippen LogP contribution in [0.25, 0.3) is 0 Å². The Morgan fingerprint density at radius 3 is 1.93 bits per heavy atom. The summed E-state index contributed by atoms with van der Waals surface area (Å²) in [5, 5.41) is 3.31. The molecule has 0 heterocycles. The van der Waals surface area contributed by atoms with E-state index in [1.807, 2.05) is 54.6 Å². The van der Waals surface area contributed by atoms with Gasteiger partial charge in [-0.3, -0.25) is 0 Å². The smallest absolute Gasteiger partial charge is 0.0384 e. The lowest BCUT2D eigenvalue weighted by Gasteiger charge is -2.05. The molecule has 0 atom stereocenters. The van der Waals surface area contributed by atoms with Gasteiger partial charge in [-0.25, -0.2) is 0 Å². The normalized spacial score (nSPS) is 9.79. The summed E-state index contributed by atoms with van der Waals surface area (Å²) >= 11 is 3.40. The number of halogens is 1. The standard InChI is InChI=1S/C12H10BrN/c13-10-6-8-12(9-7-10)14-11-4-2-1-3-5-11/h1-9,14H.